The van der Waals surface area contributed by atoms with Gasteiger partial charge in [-0.25, -0.2) is 14.3 Å². The molecule has 0 aromatic carbocycles. The third-order valence-electron chi connectivity index (χ3n) is 2.52. The molecule has 0 amide bonds. The highest BCUT2D eigenvalue weighted by molar-refractivity contribution is 5.84. The van der Waals surface area contributed by atoms with Crippen molar-refractivity contribution < 1.29 is 9.90 Å². The standard InChI is InChI=1S/C10H11N5O4/c1-6-4-14(10(19)11-8(6)16)2-3-15-5-7(9(17)18)12-13-15/h4-5H,2-3H2,1H3,(H,17,18)(H,11,16,19). The Bertz CT molecular complexity index is 726. The van der Waals surface area contributed by atoms with Gasteiger partial charge in [0.1, 0.15) is 0 Å². The number of carboxylic acids is 1. The van der Waals surface area contributed by atoms with Gasteiger partial charge in [-0.05, 0) is 6.92 Å². The Labute approximate surface area is 106 Å². The maximum atomic E-state index is 11.5. The number of aryl methyl sites for hydroxylation is 3. The zero-order chi connectivity index (χ0) is 14.0. The second-order valence-electron chi connectivity index (χ2n) is 3.94. The number of nitrogens with one attached hydrogen (secondary N) is 1. The van der Waals surface area contributed by atoms with E-state index in [-0.39, 0.29) is 18.8 Å². The third kappa shape index (κ3) is 2.76. The number of aromatic amines is 1. The molecule has 19 heavy (non-hydrogen) atoms. The lowest BCUT2D eigenvalue weighted by molar-refractivity contribution is 0.0690. The SMILES string of the molecule is Cc1cn(CCn2cc(C(=O)O)nn2)c(=O)[nH]c1=O. The van der Waals surface area contributed by atoms with E-state index in [1.54, 1.807) is 6.92 Å². The number of hydrogen-bond acceptors (Lipinski definition) is 5. The molecule has 0 unspecified atom stereocenters. The molecule has 0 saturated carbocycles. The van der Waals surface area contributed by atoms with Crippen LogP contribution in [-0.4, -0.2) is 35.6 Å². The summed E-state index contributed by atoms with van der Waals surface area (Å²) in [5.74, 6) is -1.16. The van der Waals surface area contributed by atoms with Crippen molar-refractivity contribution in [3.05, 3.63) is 44.5 Å². The van der Waals surface area contributed by atoms with Crippen LogP contribution in [0.25, 0.3) is 0 Å². The Hall–Kier alpha value is -2.71. The van der Waals surface area contributed by atoms with Crippen molar-refractivity contribution in [3.8, 4) is 0 Å². The number of rotatable bonds is 4. The van der Waals surface area contributed by atoms with E-state index in [0.29, 0.717) is 5.56 Å². The minimum atomic E-state index is -1.16. The fourth-order valence-electron chi connectivity index (χ4n) is 1.50. The Morgan fingerprint density at radius 1 is 1.37 bits per heavy atom. The van der Waals surface area contributed by atoms with Crippen LogP contribution < -0.4 is 11.2 Å². The van der Waals surface area contributed by atoms with Crippen LogP contribution in [0.4, 0.5) is 0 Å². The van der Waals surface area contributed by atoms with Crippen LogP contribution in [0.3, 0.4) is 0 Å². The molecule has 2 aromatic rings. The fraction of sp³-hybridized carbons (Fsp3) is 0.300. The summed E-state index contributed by atoms with van der Waals surface area (Å²) in [5, 5.41) is 15.8. The van der Waals surface area contributed by atoms with Crippen LogP contribution in [0.5, 0.6) is 0 Å². The molecule has 9 nitrogen and oxygen atoms in total. The van der Waals surface area contributed by atoms with E-state index in [4.69, 9.17) is 5.11 Å². The van der Waals surface area contributed by atoms with Gasteiger partial charge >= 0.3 is 11.7 Å². The quantitative estimate of drug-likeness (QED) is 0.718. The number of aromatic carboxylic acids is 1. The lowest BCUT2D eigenvalue weighted by atomic mass is 10.4. The summed E-state index contributed by atoms with van der Waals surface area (Å²) in [4.78, 5) is 35.5. The molecule has 2 N–H and O–H groups in total. The summed E-state index contributed by atoms with van der Waals surface area (Å²) in [6.07, 6.45) is 2.71. The second kappa shape index (κ2) is 4.88. The molecule has 2 rings (SSSR count). The molecular formula is C10H11N5O4. The Balaban J connectivity index is 2.14. The predicted octanol–water partition coefficient (Wildman–Crippen LogP) is -1.17. The van der Waals surface area contributed by atoms with E-state index in [9.17, 15) is 14.4 Å². The van der Waals surface area contributed by atoms with Crippen molar-refractivity contribution in [1.82, 2.24) is 24.5 Å². The largest absolute Gasteiger partial charge is 0.476 e. The van der Waals surface area contributed by atoms with Gasteiger partial charge < -0.3 is 5.11 Å². The van der Waals surface area contributed by atoms with E-state index < -0.39 is 17.2 Å². The van der Waals surface area contributed by atoms with Gasteiger partial charge in [-0.2, -0.15) is 0 Å². The maximum absolute atomic E-state index is 11.5. The molecule has 0 aliphatic rings. The van der Waals surface area contributed by atoms with Gasteiger partial charge in [-0.15, -0.1) is 5.10 Å². The Morgan fingerprint density at radius 2 is 2.11 bits per heavy atom. The molecule has 0 saturated heterocycles. The third-order valence-corrected chi connectivity index (χ3v) is 2.52. The number of hydrogen-bond donors (Lipinski definition) is 2. The number of carbonyl (C=O) groups is 1. The molecule has 0 atom stereocenters. The second-order valence-corrected chi connectivity index (χ2v) is 3.94. The average Bonchev–Trinajstić information content (AvgIpc) is 2.81. The minimum absolute atomic E-state index is 0.162. The number of aromatic nitrogens is 5. The van der Waals surface area contributed by atoms with Crippen LogP contribution >= 0.6 is 0 Å². The molecule has 0 aliphatic carbocycles. The van der Waals surface area contributed by atoms with Gasteiger partial charge in [0.15, 0.2) is 5.69 Å². The van der Waals surface area contributed by atoms with Crippen LogP contribution in [-0.2, 0) is 13.1 Å². The molecule has 0 aliphatic heterocycles. The molecule has 0 radical (unpaired) electrons. The molecule has 100 valence electrons. The fourth-order valence-corrected chi connectivity index (χ4v) is 1.50. The minimum Gasteiger partial charge on any atom is -0.476 e. The maximum Gasteiger partial charge on any atom is 0.358 e. The zero-order valence-electron chi connectivity index (χ0n) is 10.0. The van der Waals surface area contributed by atoms with E-state index >= 15 is 0 Å². The highest BCUT2D eigenvalue weighted by Gasteiger charge is 2.08. The smallest absolute Gasteiger partial charge is 0.358 e. The first kappa shape index (κ1) is 12.7. The number of nitrogens with zero attached hydrogens (tertiary/aromatic N) is 4. The topological polar surface area (TPSA) is 123 Å². The van der Waals surface area contributed by atoms with Crippen molar-refractivity contribution in [3.63, 3.8) is 0 Å². The van der Waals surface area contributed by atoms with Crippen LogP contribution in [0.1, 0.15) is 16.1 Å². The van der Waals surface area contributed by atoms with Gasteiger partial charge in [0.25, 0.3) is 5.56 Å². The molecular weight excluding hydrogens is 254 g/mol. The summed E-state index contributed by atoms with van der Waals surface area (Å²) in [7, 11) is 0. The van der Waals surface area contributed by atoms with E-state index in [0.717, 1.165) is 0 Å². The lowest BCUT2D eigenvalue weighted by Gasteiger charge is -2.05. The zero-order valence-corrected chi connectivity index (χ0v) is 10.0. The highest BCUT2D eigenvalue weighted by Crippen LogP contribution is 1.94. The highest BCUT2D eigenvalue weighted by atomic mass is 16.4. The predicted molar refractivity (Wildman–Crippen MR) is 63.0 cm³/mol. The molecule has 2 aromatic heterocycles. The summed E-state index contributed by atoms with van der Waals surface area (Å²) >= 11 is 0. The first-order valence-electron chi connectivity index (χ1n) is 5.41. The normalized spacial score (nSPS) is 10.6. The molecule has 0 spiro atoms. The lowest BCUT2D eigenvalue weighted by Crippen LogP contribution is -2.31. The monoisotopic (exact) mass is 265 g/mol. The summed E-state index contributed by atoms with van der Waals surface area (Å²) in [5.41, 5.74) is -0.682. The van der Waals surface area contributed by atoms with Crippen molar-refractivity contribution in [1.29, 1.82) is 0 Å². The van der Waals surface area contributed by atoms with Crippen LogP contribution in [0.15, 0.2) is 22.0 Å². The van der Waals surface area contributed by atoms with Gasteiger partial charge in [-0.3, -0.25) is 14.3 Å². The average molecular weight is 265 g/mol. The van der Waals surface area contributed by atoms with Gasteiger partial charge in [-0.1, -0.05) is 5.21 Å². The van der Waals surface area contributed by atoms with Crippen LogP contribution in [0, 0.1) is 6.92 Å². The number of H-pyrrole nitrogens is 1. The van der Waals surface area contributed by atoms with Crippen molar-refractivity contribution in [2.75, 3.05) is 0 Å². The van der Waals surface area contributed by atoms with Gasteiger partial charge in [0, 0.05) is 18.3 Å². The molecule has 9 heteroatoms. The van der Waals surface area contributed by atoms with E-state index in [1.165, 1.54) is 21.6 Å². The van der Waals surface area contributed by atoms with Crippen molar-refractivity contribution >= 4 is 5.97 Å². The van der Waals surface area contributed by atoms with Crippen molar-refractivity contribution in [2.24, 2.45) is 0 Å². The summed E-state index contributed by atoms with van der Waals surface area (Å²) in [6.45, 7) is 2.11. The summed E-state index contributed by atoms with van der Waals surface area (Å²) < 4.78 is 2.63. The first-order valence-corrected chi connectivity index (χ1v) is 5.41. The molecule has 0 bridgehead atoms. The Morgan fingerprint density at radius 3 is 2.74 bits per heavy atom. The van der Waals surface area contributed by atoms with Gasteiger partial charge in [0.05, 0.1) is 12.7 Å². The molecule has 2 heterocycles. The van der Waals surface area contributed by atoms with Gasteiger partial charge in [0.2, 0.25) is 0 Å². The number of carboxylic acid groups (broad SMARTS) is 1. The summed E-state index contributed by atoms with van der Waals surface area (Å²) in [6, 6.07) is 0. The molecule has 0 fully saturated rings. The van der Waals surface area contributed by atoms with Crippen LogP contribution in [0.2, 0.25) is 0 Å². The van der Waals surface area contributed by atoms with Crippen molar-refractivity contribution in [2.45, 2.75) is 20.0 Å². The van der Waals surface area contributed by atoms with E-state index in [2.05, 4.69) is 15.3 Å². The Kier molecular flexibility index (Phi) is 3.27. The van der Waals surface area contributed by atoms with E-state index in [1.807, 2.05) is 0 Å². The first-order chi connectivity index (χ1) is 8.97.